The third-order valence-corrected chi connectivity index (χ3v) is 3.87. The van der Waals surface area contributed by atoms with E-state index in [0.717, 1.165) is 10.2 Å². The summed E-state index contributed by atoms with van der Waals surface area (Å²) in [5.41, 5.74) is 2.49. The molecule has 2 aromatic heterocycles. The van der Waals surface area contributed by atoms with Crippen LogP contribution >= 0.6 is 15.9 Å². The van der Waals surface area contributed by atoms with E-state index in [1.54, 1.807) is 16.9 Å². The molecule has 0 aliphatic heterocycles. The summed E-state index contributed by atoms with van der Waals surface area (Å²) in [5, 5.41) is 15.9. The summed E-state index contributed by atoms with van der Waals surface area (Å²) in [6, 6.07) is 11.8. The van der Waals surface area contributed by atoms with Crippen LogP contribution in [0.1, 0.15) is 5.69 Å². The predicted octanol–water partition coefficient (Wildman–Crippen LogP) is 2.54. The zero-order chi connectivity index (χ0) is 16.5. The molecule has 24 heavy (non-hydrogen) atoms. The Hall–Kier alpha value is -2.81. The maximum atomic E-state index is 13.3. The summed E-state index contributed by atoms with van der Waals surface area (Å²) in [7, 11) is 0. The van der Waals surface area contributed by atoms with E-state index in [2.05, 4.69) is 36.6 Å². The zero-order valence-electron chi connectivity index (χ0n) is 12.2. The van der Waals surface area contributed by atoms with Crippen LogP contribution < -0.4 is 4.84 Å². The molecule has 7 nitrogen and oxygen atoms in total. The molecule has 0 fully saturated rings. The molecule has 0 saturated heterocycles. The summed E-state index contributed by atoms with van der Waals surface area (Å²) in [4.78, 5) is 6.70. The molecular formula is C15H10BrFN6O. The van der Waals surface area contributed by atoms with Crippen molar-refractivity contribution in [2.24, 2.45) is 0 Å². The van der Waals surface area contributed by atoms with Crippen molar-refractivity contribution in [1.29, 1.82) is 0 Å². The van der Waals surface area contributed by atoms with Gasteiger partial charge in [-0.2, -0.15) is 0 Å². The summed E-state index contributed by atoms with van der Waals surface area (Å²) in [6.45, 7) is 0.130. The van der Waals surface area contributed by atoms with Gasteiger partial charge in [0.2, 0.25) is 0 Å². The first-order valence-corrected chi connectivity index (χ1v) is 7.80. The Morgan fingerprint density at radius 2 is 1.88 bits per heavy atom. The number of fused-ring (bicyclic) bond motifs is 1. The third kappa shape index (κ3) is 2.85. The van der Waals surface area contributed by atoms with E-state index in [1.807, 2.05) is 24.3 Å². The van der Waals surface area contributed by atoms with Gasteiger partial charge in [0.1, 0.15) is 22.5 Å². The summed E-state index contributed by atoms with van der Waals surface area (Å²) < 4.78 is 16.0. The molecule has 0 radical (unpaired) electrons. The first kappa shape index (κ1) is 14.8. The molecule has 0 saturated carbocycles. The van der Waals surface area contributed by atoms with Crippen LogP contribution in [0.25, 0.3) is 16.7 Å². The fourth-order valence-electron chi connectivity index (χ4n) is 2.18. The number of hydrogen-bond donors (Lipinski definition) is 0. The Bertz CT molecular complexity index is 997. The normalized spacial score (nSPS) is 11.1. The number of hydrogen-bond acceptors (Lipinski definition) is 5. The largest absolute Gasteiger partial charge is 0.388 e. The molecule has 120 valence electrons. The van der Waals surface area contributed by atoms with Crippen LogP contribution in [-0.4, -0.2) is 30.2 Å². The predicted molar refractivity (Wildman–Crippen MR) is 86.8 cm³/mol. The zero-order valence-corrected chi connectivity index (χ0v) is 13.8. The van der Waals surface area contributed by atoms with Gasteiger partial charge in [-0.1, -0.05) is 26.0 Å². The highest BCUT2D eigenvalue weighted by atomic mass is 79.9. The molecule has 0 atom stereocenters. The Morgan fingerprint density at radius 3 is 2.71 bits per heavy atom. The van der Waals surface area contributed by atoms with Crippen LogP contribution in [0.2, 0.25) is 0 Å². The van der Waals surface area contributed by atoms with E-state index in [9.17, 15) is 4.39 Å². The van der Waals surface area contributed by atoms with Gasteiger partial charge in [-0.15, -0.1) is 10.2 Å². The highest BCUT2D eigenvalue weighted by Crippen LogP contribution is 2.14. The van der Waals surface area contributed by atoms with Crippen LogP contribution in [0, 0.1) is 5.82 Å². The molecule has 0 bridgehead atoms. The lowest BCUT2D eigenvalue weighted by Crippen LogP contribution is -2.13. The van der Waals surface area contributed by atoms with Crippen molar-refractivity contribution in [3.05, 3.63) is 64.6 Å². The smallest absolute Gasteiger partial charge is 0.162 e. The number of nitrogens with zero attached hydrogens (tertiary/aromatic N) is 6. The van der Waals surface area contributed by atoms with Crippen LogP contribution in [-0.2, 0) is 6.61 Å². The van der Waals surface area contributed by atoms with E-state index < -0.39 is 0 Å². The Kier molecular flexibility index (Phi) is 3.69. The highest BCUT2D eigenvalue weighted by molar-refractivity contribution is 9.10. The van der Waals surface area contributed by atoms with Crippen molar-refractivity contribution in [1.82, 2.24) is 30.2 Å². The van der Waals surface area contributed by atoms with Crippen LogP contribution in [0.15, 0.2) is 53.1 Å². The van der Waals surface area contributed by atoms with Gasteiger partial charge in [0.05, 0.1) is 11.9 Å². The Labute approximate surface area is 143 Å². The van der Waals surface area contributed by atoms with Gasteiger partial charge in [0, 0.05) is 10.5 Å². The van der Waals surface area contributed by atoms with Gasteiger partial charge in [0.25, 0.3) is 0 Å². The van der Waals surface area contributed by atoms with E-state index in [1.165, 1.54) is 17.0 Å². The summed E-state index contributed by atoms with van der Waals surface area (Å²) in [5.74, 6) is -0.379. The topological polar surface area (TPSA) is 70.7 Å². The average Bonchev–Trinajstić information content (AvgIpc) is 3.20. The quantitative estimate of drug-likeness (QED) is 0.537. The molecule has 2 heterocycles. The van der Waals surface area contributed by atoms with Crippen LogP contribution in [0.4, 0.5) is 4.39 Å². The second-order valence-corrected chi connectivity index (χ2v) is 5.92. The second-order valence-electron chi connectivity index (χ2n) is 5.00. The van der Waals surface area contributed by atoms with Crippen molar-refractivity contribution in [3.8, 4) is 5.69 Å². The molecule has 4 aromatic rings. The highest BCUT2D eigenvalue weighted by Gasteiger charge is 2.09. The van der Waals surface area contributed by atoms with E-state index in [4.69, 9.17) is 4.84 Å². The first-order chi connectivity index (χ1) is 11.7. The second kappa shape index (κ2) is 6.00. The SMILES string of the molecule is Fc1ccc2nnn(OCc3cn(-c4ccc(Br)cc4)nn3)c2c1. The molecular weight excluding hydrogens is 379 g/mol. The first-order valence-electron chi connectivity index (χ1n) is 7.00. The van der Waals surface area contributed by atoms with E-state index >= 15 is 0 Å². The number of benzene rings is 2. The number of rotatable bonds is 4. The molecule has 0 amide bonds. The van der Waals surface area contributed by atoms with E-state index in [0.29, 0.717) is 16.7 Å². The van der Waals surface area contributed by atoms with E-state index in [-0.39, 0.29) is 12.4 Å². The van der Waals surface area contributed by atoms with Gasteiger partial charge < -0.3 is 4.84 Å². The van der Waals surface area contributed by atoms with Gasteiger partial charge in [-0.3, -0.25) is 0 Å². The Morgan fingerprint density at radius 1 is 1.04 bits per heavy atom. The number of halogens is 2. The van der Waals surface area contributed by atoms with Crippen molar-refractivity contribution < 1.29 is 9.23 Å². The van der Waals surface area contributed by atoms with Gasteiger partial charge in [-0.05, 0) is 41.6 Å². The lowest BCUT2D eigenvalue weighted by atomic mass is 10.3. The van der Waals surface area contributed by atoms with Gasteiger partial charge in [0.15, 0.2) is 6.61 Å². The lowest BCUT2D eigenvalue weighted by molar-refractivity contribution is 0.0730. The molecule has 0 unspecified atom stereocenters. The van der Waals surface area contributed by atoms with Crippen molar-refractivity contribution in [2.45, 2.75) is 6.61 Å². The summed E-state index contributed by atoms with van der Waals surface area (Å²) >= 11 is 3.39. The van der Waals surface area contributed by atoms with Crippen molar-refractivity contribution in [2.75, 3.05) is 0 Å². The standard InChI is InChI=1S/C15H10BrFN6O/c16-10-1-4-13(5-2-10)22-8-12(18-20-22)9-24-23-15-7-11(17)3-6-14(15)19-21-23/h1-8H,9H2. The molecule has 2 aromatic carbocycles. The van der Waals surface area contributed by atoms with Gasteiger partial charge >= 0.3 is 0 Å². The third-order valence-electron chi connectivity index (χ3n) is 3.34. The van der Waals surface area contributed by atoms with Crippen LogP contribution in [0.3, 0.4) is 0 Å². The van der Waals surface area contributed by atoms with Crippen molar-refractivity contribution in [3.63, 3.8) is 0 Å². The van der Waals surface area contributed by atoms with Crippen LogP contribution in [0.5, 0.6) is 0 Å². The number of aromatic nitrogens is 6. The maximum absolute atomic E-state index is 13.3. The lowest BCUT2D eigenvalue weighted by Gasteiger charge is -2.02. The Balaban J connectivity index is 1.51. The fraction of sp³-hybridized carbons (Fsp3) is 0.0667. The summed E-state index contributed by atoms with van der Waals surface area (Å²) in [6.07, 6.45) is 1.75. The molecule has 0 aliphatic carbocycles. The molecule has 4 rings (SSSR count). The molecule has 0 aliphatic rings. The fourth-order valence-corrected chi connectivity index (χ4v) is 2.44. The minimum absolute atomic E-state index is 0.130. The van der Waals surface area contributed by atoms with Crippen molar-refractivity contribution >= 4 is 27.0 Å². The minimum Gasteiger partial charge on any atom is -0.388 e. The minimum atomic E-state index is -0.379. The molecule has 9 heteroatoms. The monoisotopic (exact) mass is 388 g/mol. The van der Waals surface area contributed by atoms with Gasteiger partial charge in [-0.25, -0.2) is 9.07 Å². The molecule has 0 spiro atoms. The molecule has 0 N–H and O–H groups in total. The maximum Gasteiger partial charge on any atom is 0.162 e. The average molecular weight is 389 g/mol.